The molecule has 1 saturated heterocycles. The Bertz CT molecular complexity index is 681. The molecule has 1 heterocycles. The monoisotopic (exact) mass is 436 g/mol. The first-order valence-electron chi connectivity index (χ1n) is 12.8. The molecule has 1 aromatic carbocycles. The Labute approximate surface area is 186 Å². The molecule has 0 aromatic heterocycles. The predicted molar refractivity (Wildman–Crippen MR) is 119 cm³/mol. The van der Waals surface area contributed by atoms with Crippen LogP contribution in [0.5, 0.6) is 0 Å². The van der Waals surface area contributed by atoms with E-state index in [1.54, 1.807) is 0 Å². The molecule has 0 spiro atoms. The lowest BCUT2D eigenvalue weighted by atomic mass is 9.73. The van der Waals surface area contributed by atoms with Gasteiger partial charge in [0.15, 0.2) is 17.5 Å². The van der Waals surface area contributed by atoms with Crippen LogP contribution in [-0.4, -0.2) is 12.2 Å². The van der Waals surface area contributed by atoms with E-state index in [1.807, 2.05) is 0 Å². The SMILES string of the molecule is CCCC1CCC(C2CCC(CCC3CCC(c4cc(F)c(F)c(F)c4)CC3)CC2)O1. The van der Waals surface area contributed by atoms with Crippen LogP contribution in [0.3, 0.4) is 0 Å². The van der Waals surface area contributed by atoms with Crippen molar-refractivity contribution in [3.8, 4) is 0 Å². The molecule has 2 atom stereocenters. The van der Waals surface area contributed by atoms with E-state index in [0.29, 0.717) is 17.8 Å². The summed E-state index contributed by atoms with van der Waals surface area (Å²) in [5.74, 6) is -0.927. The van der Waals surface area contributed by atoms with E-state index >= 15 is 0 Å². The van der Waals surface area contributed by atoms with Gasteiger partial charge in [0.2, 0.25) is 0 Å². The Kier molecular flexibility index (Phi) is 8.01. The maximum absolute atomic E-state index is 13.6. The second kappa shape index (κ2) is 10.7. The zero-order valence-corrected chi connectivity index (χ0v) is 19.1. The van der Waals surface area contributed by atoms with Gasteiger partial charge < -0.3 is 4.74 Å². The minimum absolute atomic E-state index is 0.166. The Morgan fingerprint density at radius 1 is 0.742 bits per heavy atom. The molecule has 2 saturated carbocycles. The summed E-state index contributed by atoms with van der Waals surface area (Å²) in [5.41, 5.74) is 0.628. The van der Waals surface area contributed by atoms with E-state index in [4.69, 9.17) is 4.74 Å². The molecule has 2 aliphatic carbocycles. The second-order valence-electron chi connectivity index (χ2n) is 10.5. The van der Waals surface area contributed by atoms with Crippen molar-refractivity contribution >= 4 is 0 Å². The van der Waals surface area contributed by atoms with Gasteiger partial charge in [0.1, 0.15) is 0 Å². The zero-order chi connectivity index (χ0) is 21.8. The van der Waals surface area contributed by atoms with Gasteiger partial charge in [-0.05, 0) is 99.2 Å². The maximum atomic E-state index is 13.6. The van der Waals surface area contributed by atoms with E-state index in [1.165, 1.54) is 76.3 Å². The molecule has 174 valence electrons. The third-order valence-corrected chi connectivity index (χ3v) is 8.48. The quantitative estimate of drug-likeness (QED) is 0.391. The van der Waals surface area contributed by atoms with Gasteiger partial charge in [0.25, 0.3) is 0 Å². The van der Waals surface area contributed by atoms with Crippen LogP contribution in [-0.2, 0) is 4.74 Å². The van der Waals surface area contributed by atoms with Crippen LogP contribution in [0.25, 0.3) is 0 Å². The first-order chi connectivity index (χ1) is 15.0. The highest BCUT2D eigenvalue weighted by molar-refractivity contribution is 5.23. The molecule has 3 aliphatic rings. The number of hydrogen-bond acceptors (Lipinski definition) is 1. The van der Waals surface area contributed by atoms with Crippen molar-refractivity contribution in [1.29, 1.82) is 0 Å². The minimum Gasteiger partial charge on any atom is -0.375 e. The van der Waals surface area contributed by atoms with Gasteiger partial charge in [0, 0.05) is 0 Å². The van der Waals surface area contributed by atoms with Gasteiger partial charge in [0.05, 0.1) is 12.2 Å². The van der Waals surface area contributed by atoms with E-state index in [2.05, 4.69) is 6.92 Å². The lowest BCUT2D eigenvalue weighted by Gasteiger charge is -2.34. The summed E-state index contributed by atoms with van der Waals surface area (Å²) in [6.07, 6.45) is 18.2. The van der Waals surface area contributed by atoms with Gasteiger partial charge in [-0.25, -0.2) is 13.2 Å². The van der Waals surface area contributed by atoms with Crippen LogP contribution >= 0.6 is 0 Å². The van der Waals surface area contributed by atoms with Crippen molar-refractivity contribution in [2.45, 2.75) is 115 Å². The van der Waals surface area contributed by atoms with Crippen molar-refractivity contribution in [2.24, 2.45) is 17.8 Å². The fourth-order valence-corrected chi connectivity index (χ4v) is 6.53. The summed E-state index contributed by atoms with van der Waals surface area (Å²) in [7, 11) is 0. The van der Waals surface area contributed by atoms with Gasteiger partial charge >= 0.3 is 0 Å². The predicted octanol–water partition coefficient (Wildman–Crippen LogP) is 8.31. The highest BCUT2D eigenvalue weighted by Gasteiger charge is 2.34. The molecular formula is C27H39F3O. The van der Waals surface area contributed by atoms with Crippen LogP contribution < -0.4 is 0 Å². The molecule has 2 unspecified atom stereocenters. The second-order valence-corrected chi connectivity index (χ2v) is 10.5. The van der Waals surface area contributed by atoms with Crippen LogP contribution in [0.15, 0.2) is 12.1 Å². The number of rotatable bonds is 7. The van der Waals surface area contributed by atoms with E-state index < -0.39 is 17.5 Å². The Morgan fingerprint density at radius 2 is 1.32 bits per heavy atom. The van der Waals surface area contributed by atoms with Crippen LogP contribution in [0.4, 0.5) is 13.2 Å². The fraction of sp³-hybridized carbons (Fsp3) is 0.778. The van der Waals surface area contributed by atoms with Crippen LogP contribution in [0.2, 0.25) is 0 Å². The molecule has 31 heavy (non-hydrogen) atoms. The number of halogens is 3. The van der Waals surface area contributed by atoms with Gasteiger partial charge in [-0.1, -0.05) is 39.0 Å². The summed E-state index contributed by atoms with van der Waals surface area (Å²) >= 11 is 0. The van der Waals surface area contributed by atoms with Crippen molar-refractivity contribution in [1.82, 2.24) is 0 Å². The highest BCUT2D eigenvalue weighted by atomic mass is 19.2. The van der Waals surface area contributed by atoms with Crippen molar-refractivity contribution in [3.05, 3.63) is 35.1 Å². The molecular weight excluding hydrogens is 397 g/mol. The zero-order valence-electron chi connectivity index (χ0n) is 19.1. The molecule has 0 amide bonds. The lowest BCUT2D eigenvalue weighted by molar-refractivity contribution is -0.00757. The molecule has 3 fully saturated rings. The minimum atomic E-state index is -1.35. The van der Waals surface area contributed by atoms with Crippen LogP contribution in [0, 0.1) is 35.2 Å². The summed E-state index contributed by atoms with van der Waals surface area (Å²) in [6, 6.07) is 2.39. The number of hydrogen-bond donors (Lipinski definition) is 0. The standard InChI is InChI=1S/C27H39F3O/c1-2-3-23-14-15-26(31-23)21-12-8-19(9-13-21)5-4-18-6-10-20(11-7-18)22-16-24(28)27(30)25(29)17-22/h16-21,23,26H,2-15H2,1H3. The normalized spacial score (nSPS) is 34.2. The summed E-state index contributed by atoms with van der Waals surface area (Å²) in [6.45, 7) is 2.25. The Hall–Kier alpha value is -1.03. The topological polar surface area (TPSA) is 9.23 Å². The highest BCUT2D eigenvalue weighted by Crippen LogP contribution is 2.42. The van der Waals surface area contributed by atoms with Crippen molar-refractivity contribution < 1.29 is 17.9 Å². The summed E-state index contributed by atoms with van der Waals surface area (Å²) in [4.78, 5) is 0. The molecule has 0 N–H and O–H groups in total. The van der Waals surface area contributed by atoms with E-state index in [9.17, 15) is 13.2 Å². The lowest BCUT2D eigenvalue weighted by Crippen LogP contribution is -2.26. The van der Waals surface area contributed by atoms with Crippen molar-refractivity contribution in [2.75, 3.05) is 0 Å². The summed E-state index contributed by atoms with van der Waals surface area (Å²) in [5, 5.41) is 0. The van der Waals surface area contributed by atoms with Crippen molar-refractivity contribution in [3.63, 3.8) is 0 Å². The van der Waals surface area contributed by atoms with Gasteiger partial charge in [-0.3, -0.25) is 0 Å². The molecule has 4 heteroatoms. The van der Waals surface area contributed by atoms with E-state index in [-0.39, 0.29) is 5.92 Å². The number of benzene rings is 1. The number of ether oxygens (including phenoxy) is 1. The molecule has 4 rings (SSSR count). The molecule has 1 aliphatic heterocycles. The third kappa shape index (κ3) is 5.86. The smallest absolute Gasteiger partial charge is 0.194 e. The molecule has 0 radical (unpaired) electrons. The Morgan fingerprint density at radius 3 is 1.90 bits per heavy atom. The van der Waals surface area contributed by atoms with E-state index in [0.717, 1.165) is 43.4 Å². The fourth-order valence-electron chi connectivity index (χ4n) is 6.53. The van der Waals surface area contributed by atoms with Gasteiger partial charge in [-0.2, -0.15) is 0 Å². The summed E-state index contributed by atoms with van der Waals surface area (Å²) < 4.78 is 46.7. The maximum Gasteiger partial charge on any atom is 0.194 e. The molecule has 1 aromatic rings. The first-order valence-corrected chi connectivity index (χ1v) is 12.8. The van der Waals surface area contributed by atoms with Crippen LogP contribution in [0.1, 0.15) is 108 Å². The first kappa shape index (κ1) is 23.1. The molecule has 0 bridgehead atoms. The average Bonchev–Trinajstić information content (AvgIpc) is 3.25. The average molecular weight is 437 g/mol. The van der Waals surface area contributed by atoms with Gasteiger partial charge in [-0.15, -0.1) is 0 Å². The third-order valence-electron chi connectivity index (χ3n) is 8.48. The Balaban J connectivity index is 1.15. The molecule has 1 nitrogen and oxygen atoms in total. The largest absolute Gasteiger partial charge is 0.375 e.